The fourth-order valence-corrected chi connectivity index (χ4v) is 1.87. The Morgan fingerprint density at radius 2 is 1.89 bits per heavy atom. The van der Waals surface area contributed by atoms with Crippen molar-refractivity contribution in [2.75, 3.05) is 7.11 Å². The first-order chi connectivity index (χ1) is 8.70. The maximum absolute atomic E-state index is 11.8. The molecule has 0 amide bonds. The Morgan fingerprint density at radius 1 is 1.17 bits per heavy atom. The van der Waals surface area contributed by atoms with E-state index in [1.54, 1.807) is 11.7 Å². The molecule has 0 atom stereocenters. The summed E-state index contributed by atoms with van der Waals surface area (Å²) in [4.78, 5) is 11.8. The van der Waals surface area contributed by atoms with Gasteiger partial charge in [0.25, 0.3) is 5.56 Å². The third kappa shape index (κ3) is 2.80. The van der Waals surface area contributed by atoms with E-state index in [-0.39, 0.29) is 5.56 Å². The Hall–Kier alpha value is -2.03. The van der Waals surface area contributed by atoms with E-state index in [0.717, 1.165) is 17.7 Å². The van der Waals surface area contributed by atoms with Crippen LogP contribution in [0, 0.1) is 6.92 Å². The molecular weight excluding hydrogens is 226 g/mol. The lowest BCUT2D eigenvalue weighted by Gasteiger charge is -2.07. The molecule has 0 radical (unpaired) electrons. The molecule has 0 N–H and O–H groups in total. The average molecular weight is 243 g/mol. The summed E-state index contributed by atoms with van der Waals surface area (Å²) in [5.41, 5.74) is 2.07. The normalized spacial score (nSPS) is 10.3. The second-order valence-electron chi connectivity index (χ2n) is 4.29. The number of aromatic nitrogens is 1. The number of hydrogen-bond acceptors (Lipinski definition) is 2. The molecule has 94 valence electrons. The summed E-state index contributed by atoms with van der Waals surface area (Å²) in [6.45, 7) is 2.54. The molecule has 0 aliphatic rings. The van der Waals surface area contributed by atoms with E-state index >= 15 is 0 Å². The van der Waals surface area contributed by atoms with Crippen molar-refractivity contribution in [2.45, 2.75) is 19.9 Å². The first-order valence-corrected chi connectivity index (χ1v) is 5.99. The lowest BCUT2D eigenvalue weighted by atomic mass is 10.1. The molecule has 1 heterocycles. The van der Waals surface area contributed by atoms with Gasteiger partial charge in [-0.05, 0) is 37.1 Å². The summed E-state index contributed by atoms with van der Waals surface area (Å²) < 4.78 is 6.86. The Kier molecular flexibility index (Phi) is 3.82. The minimum atomic E-state index is 0.0889. The SMILES string of the molecule is COc1ccc(CCn2cccc(C)c2=O)cc1. The quantitative estimate of drug-likeness (QED) is 0.825. The van der Waals surface area contributed by atoms with Gasteiger partial charge < -0.3 is 9.30 Å². The van der Waals surface area contributed by atoms with E-state index in [1.807, 2.05) is 49.5 Å². The molecule has 2 aromatic rings. The fourth-order valence-electron chi connectivity index (χ4n) is 1.87. The predicted molar refractivity (Wildman–Crippen MR) is 72.1 cm³/mol. The smallest absolute Gasteiger partial charge is 0.253 e. The molecule has 0 aliphatic heterocycles. The van der Waals surface area contributed by atoms with Gasteiger partial charge in [0.05, 0.1) is 7.11 Å². The molecule has 3 nitrogen and oxygen atoms in total. The Morgan fingerprint density at radius 3 is 2.56 bits per heavy atom. The van der Waals surface area contributed by atoms with Crippen molar-refractivity contribution in [1.29, 1.82) is 0 Å². The zero-order valence-electron chi connectivity index (χ0n) is 10.7. The van der Waals surface area contributed by atoms with Gasteiger partial charge >= 0.3 is 0 Å². The Labute approximate surface area is 107 Å². The molecule has 0 spiro atoms. The van der Waals surface area contributed by atoms with Crippen molar-refractivity contribution in [3.63, 3.8) is 0 Å². The summed E-state index contributed by atoms with van der Waals surface area (Å²) in [5.74, 6) is 0.853. The van der Waals surface area contributed by atoms with Crippen LogP contribution in [0.1, 0.15) is 11.1 Å². The van der Waals surface area contributed by atoms with Crippen LogP contribution in [-0.2, 0) is 13.0 Å². The van der Waals surface area contributed by atoms with E-state index in [0.29, 0.717) is 6.54 Å². The van der Waals surface area contributed by atoms with Crippen LogP contribution in [0.25, 0.3) is 0 Å². The summed E-state index contributed by atoms with van der Waals surface area (Å²) in [6.07, 6.45) is 2.67. The number of methoxy groups -OCH3 is 1. The number of hydrogen-bond donors (Lipinski definition) is 0. The third-order valence-corrected chi connectivity index (χ3v) is 3.01. The molecule has 0 unspecified atom stereocenters. The minimum Gasteiger partial charge on any atom is -0.497 e. The molecule has 0 bridgehead atoms. The van der Waals surface area contributed by atoms with Gasteiger partial charge in [-0.15, -0.1) is 0 Å². The number of benzene rings is 1. The van der Waals surface area contributed by atoms with Gasteiger partial charge in [-0.25, -0.2) is 0 Å². The van der Waals surface area contributed by atoms with E-state index in [4.69, 9.17) is 4.74 Å². The molecule has 0 saturated heterocycles. The van der Waals surface area contributed by atoms with Crippen molar-refractivity contribution < 1.29 is 4.74 Å². The van der Waals surface area contributed by atoms with Gasteiger partial charge in [0.1, 0.15) is 5.75 Å². The van der Waals surface area contributed by atoms with Crippen LogP contribution in [0.5, 0.6) is 5.75 Å². The molecule has 18 heavy (non-hydrogen) atoms. The van der Waals surface area contributed by atoms with Crippen molar-refractivity contribution in [2.24, 2.45) is 0 Å². The molecule has 0 fully saturated rings. The number of rotatable bonds is 4. The van der Waals surface area contributed by atoms with E-state index in [1.165, 1.54) is 5.56 Å². The molecular formula is C15H17NO2. The molecule has 1 aromatic heterocycles. The number of pyridine rings is 1. The predicted octanol–water partition coefficient (Wildman–Crippen LogP) is 2.41. The molecule has 0 aliphatic carbocycles. The van der Waals surface area contributed by atoms with Crippen LogP contribution in [0.2, 0.25) is 0 Å². The monoisotopic (exact) mass is 243 g/mol. The maximum atomic E-state index is 11.8. The van der Waals surface area contributed by atoms with Crippen LogP contribution in [-0.4, -0.2) is 11.7 Å². The van der Waals surface area contributed by atoms with Crippen LogP contribution in [0.3, 0.4) is 0 Å². The zero-order chi connectivity index (χ0) is 13.0. The van der Waals surface area contributed by atoms with Crippen LogP contribution < -0.4 is 10.3 Å². The van der Waals surface area contributed by atoms with Gasteiger partial charge in [0.15, 0.2) is 0 Å². The van der Waals surface area contributed by atoms with Crippen LogP contribution in [0.4, 0.5) is 0 Å². The highest BCUT2D eigenvalue weighted by molar-refractivity contribution is 5.27. The first-order valence-electron chi connectivity index (χ1n) is 5.99. The summed E-state index contributed by atoms with van der Waals surface area (Å²) in [7, 11) is 1.65. The third-order valence-electron chi connectivity index (χ3n) is 3.01. The highest BCUT2D eigenvalue weighted by atomic mass is 16.5. The van der Waals surface area contributed by atoms with E-state index in [9.17, 15) is 4.79 Å². The zero-order valence-corrected chi connectivity index (χ0v) is 10.7. The number of ether oxygens (including phenoxy) is 1. The highest BCUT2D eigenvalue weighted by Gasteiger charge is 1.99. The van der Waals surface area contributed by atoms with Crippen LogP contribution >= 0.6 is 0 Å². The molecule has 1 aromatic carbocycles. The molecule has 3 heteroatoms. The summed E-state index contributed by atoms with van der Waals surface area (Å²) >= 11 is 0. The average Bonchev–Trinajstić information content (AvgIpc) is 2.41. The van der Waals surface area contributed by atoms with Crippen molar-refractivity contribution in [3.8, 4) is 5.75 Å². The van der Waals surface area contributed by atoms with Gasteiger partial charge in [0, 0.05) is 18.3 Å². The van der Waals surface area contributed by atoms with Crippen LogP contribution in [0.15, 0.2) is 47.4 Å². The van der Waals surface area contributed by atoms with E-state index < -0.39 is 0 Å². The standard InChI is InChI=1S/C15H17NO2/c1-12-4-3-10-16(15(12)17)11-9-13-5-7-14(18-2)8-6-13/h3-8,10H,9,11H2,1-2H3. The second kappa shape index (κ2) is 5.54. The Balaban J connectivity index is 2.07. The minimum absolute atomic E-state index is 0.0889. The van der Waals surface area contributed by atoms with Gasteiger partial charge in [-0.3, -0.25) is 4.79 Å². The van der Waals surface area contributed by atoms with Crippen molar-refractivity contribution >= 4 is 0 Å². The number of aryl methyl sites for hydroxylation is 3. The lowest BCUT2D eigenvalue weighted by Crippen LogP contribution is -2.22. The summed E-state index contributed by atoms with van der Waals surface area (Å²) in [5, 5.41) is 0. The fraction of sp³-hybridized carbons (Fsp3) is 0.267. The van der Waals surface area contributed by atoms with Gasteiger partial charge in [0.2, 0.25) is 0 Å². The van der Waals surface area contributed by atoms with Crippen molar-refractivity contribution in [1.82, 2.24) is 4.57 Å². The first kappa shape index (κ1) is 12.4. The van der Waals surface area contributed by atoms with Gasteiger partial charge in [-0.1, -0.05) is 18.2 Å². The lowest BCUT2D eigenvalue weighted by molar-refractivity contribution is 0.414. The largest absolute Gasteiger partial charge is 0.497 e. The van der Waals surface area contributed by atoms with Crippen molar-refractivity contribution in [3.05, 3.63) is 64.1 Å². The topological polar surface area (TPSA) is 31.2 Å². The summed E-state index contributed by atoms with van der Waals surface area (Å²) in [6, 6.07) is 11.7. The van der Waals surface area contributed by atoms with Gasteiger partial charge in [-0.2, -0.15) is 0 Å². The highest BCUT2D eigenvalue weighted by Crippen LogP contribution is 2.11. The number of nitrogens with zero attached hydrogens (tertiary/aromatic N) is 1. The maximum Gasteiger partial charge on any atom is 0.253 e. The molecule has 2 rings (SSSR count). The second-order valence-corrected chi connectivity index (χ2v) is 4.29. The van der Waals surface area contributed by atoms with E-state index in [2.05, 4.69) is 0 Å². The Bertz CT molecular complexity index is 570. The molecule has 0 saturated carbocycles.